The third-order valence-corrected chi connectivity index (χ3v) is 3.32. The fourth-order valence-corrected chi connectivity index (χ4v) is 2.46. The average Bonchev–Trinajstić information content (AvgIpc) is 2.69. The molecule has 0 aliphatic carbocycles. The largest absolute Gasteiger partial charge is 0.384 e. The van der Waals surface area contributed by atoms with E-state index in [9.17, 15) is 5.11 Å². The summed E-state index contributed by atoms with van der Waals surface area (Å²) in [6, 6.07) is 7.48. The molecule has 1 N–H and O–H groups in total. The van der Waals surface area contributed by atoms with Gasteiger partial charge in [-0.15, -0.1) is 0 Å². The number of aryl methyl sites for hydroxylation is 1. The fourth-order valence-electron chi connectivity index (χ4n) is 1.56. The summed E-state index contributed by atoms with van der Waals surface area (Å²) in [6.07, 6.45) is -0.548. The van der Waals surface area contributed by atoms with E-state index in [1.165, 1.54) is 0 Å². The van der Waals surface area contributed by atoms with E-state index in [0.717, 1.165) is 16.7 Å². The van der Waals surface area contributed by atoms with Crippen molar-refractivity contribution in [1.82, 2.24) is 0 Å². The van der Waals surface area contributed by atoms with Crippen LogP contribution in [0.4, 0.5) is 0 Å². The number of halogens is 1. The van der Waals surface area contributed by atoms with Gasteiger partial charge >= 0.3 is 0 Å². The summed E-state index contributed by atoms with van der Waals surface area (Å²) >= 11 is 7.45. The van der Waals surface area contributed by atoms with Crippen molar-refractivity contribution < 1.29 is 5.11 Å². The van der Waals surface area contributed by atoms with Crippen molar-refractivity contribution in [2.45, 2.75) is 13.0 Å². The van der Waals surface area contributed by atoms with Crippen molar-refractivity contribution in [3.8, 4) is 0 Å². The zero-order valence-electron chi connectivity index (χ0n) is 8.27. The Labute approximate surface area is 98.0 Å². The first-order chi connectivity index (χ1) is 7.18. The summed E-state index contributed by atoms with van der Waals surface area (Å²) in [4.78, 5) is 0. The lowest BCUT2D eigenvalue weighted by molar-refractivity contribution is 0.220. The molecule has 0 fully saturated rings. The molecule has 0 aliphatic heterocycles. The van der Waals surface area contributed by atoms with E-state index in [0.29, 0.717) is 5.02 Å². The van der Waals surface area contributed by atoms with Gasteiger partial charge in [0.2, 0.25) is 0 Å². The molecule has 2 rings (SSSR count). The second-order valence-electron chi connectivity index (χ2n) is 3.46. The van der Waals surface area contributed by atoms with Gasteiger partial charge in [-0.05, 0) is 52.6 Å². The lowest BCUT2D eigenvalue weighted by Gasteiger charge is -2.12. The summed E-state index contributed by atoms with van der Waals surface area (Å²) < 4.78 is 0. The van der Waals surface area contributed by atoms with E-state index in [2.05, 4.69) is 0 Å². The van der Waals surface area contributed by atoms with Crippen LogP contribution in [0.2, 0.25) is 5.02 Å². The highest BCUT2D eigenvalue weighted by molar-refractivity contribution is 7.07. The van der Waals surface area contributed by atoms with Crippen molar-refractivity contribution in [3.05, 3.63) is 56.7 Å². The first-order valence-corrected chi connectivity index (χ1v) is 5.97. The van der Waals surface area contributed by atoms with Crippen LogP contribution in [0.3, 0.4) is 0 Å². The Morgan fingerprint density at radius 2 is 2.13 bits per heavy atom. The standard InChI is InChI=1S/C12H11ClOS/c1-8-6-10(13)2-3-11(8)12(14)9-4-5-15-7-9/h2-7,12,14H,1H3/t12-/m1/s1. The Hall–Kier alpha value is -0.830. The molecular weight excluding hydrogens is 228 g/mol. The van der Waals surface area contributed by atoms with Gasteiger partial charge in [0.25, 0.3) is 0 Å². The highest BCUT2D eigenvalue weighted by atomic mass is 35.5. The molecule has 1 nitrogen and oxygen atoms in total. The van der Waals surface area contributed by atoms with Gasteiger partial charge in [-0.2, -0.15) is 11.3 Å². The summed E-state index contributed by atoms with van der Waals surface area (Å²) in [7, 11) is 0. The molecule has 2 aromatic rings. The van der Waals surface area contributed by atoms with E-state index in [-0.39, 0.29) is 0 Å². The van der Waals surface area contributed by atoms with E-state index in [1.807, 2.05) is 35.9 Å². The second kappa shape index (κ2) is 4.35. The third-order valence-electron chi connectivity index (χ3n) is 2.39. The van der Waals surface area contributed by atoms with Gasteiger partial charge in [0.15, 0.2) is 0 Å². The van der Waals surface area contributed by atoms with Gasteiger partial charge in [0.1, 0.15) is 6.10 Å². The van der Waals surface area contributed by atoms with E-state index in [4.69, 9.17) is 11.6 Å². The van der Waals surface area contributed by atoms with E-state index >= 15 is 0 Å². The van der Waals surface area contributed by atoms with Crippen LogP contribution >= 0.6 is 22.9 Å². The van der Waals surface area contributed by atoms with Crippen molar-refractivity contribution in [2.24, 2.45) is 0 Å². The Morgan fingerprint density at radius 3 is 2.73 bits per heavy atom. The molecule has 0 radical (unpaired) electrons. The first kappa shape index (κ1) is 10.7. The summed E-state index contributed by atoms with van der Waals surface area (Å²) in [5.74, 6) is 0. The van der Waals surface area contributed by atoms with Gasteiger partial charge in [-0.25, -0.2) is 0 Å². The lowest BCUT2D eigenvalue weighted by atomic mass is 10.00. The van der Waals surface area contributed by atoms with Crippen molar-refractivity contribution in [3.63, 3.8) is 0 Å². The molecule has 0 spiro atoms. The molecule has 0 bridgehead atoms. The number of benzene rings is 1. The highest BCUT2D eigenvalue weighted by Gasteiger charge is 2.12. The molecule has 1 aromatic heterocycles. The monoisotopic (exact) mass is 238 g/mol. The van der Waals surface area contributed by atoms with Gasteiger partial charge < -0.3 is 5.11 Å². The number of aliphatic hydroxyl groups is 1. The van der Waals surface area contributed by atoms with E-state index < -0.39 is 6.10 Å². The Balaban J connectivity index is 2.38. The molecule has 3 heteroatoms. The van der Waals surface area contributed by atoms with Crippen molar-refractivity contribution in [1.29, 1.82) is 0 Å². The fraction of sp³-hybridized carbons (Fsp3) is 0.167. The Bertz CT molecular complexity index is 451. The number of hydrogen-bond donors (Lipinski definition) is 1. The van der Waals surface area contributed by atoms with Gasteiger partial charge in [0, 0.05) is 5.02 Å². The molecule has 0 saturated heterocycles. The smallest absolute Gasteiger partial charge is 0.105 e. The summed E-state index contributed by atoms with van der Waals surface area (Å²) in [6.45, 7) is 1.96. The SMILES string of the molecule is Cc1cc(Cl)ccc1[C@H](O)c1ccsc1. The summed E-state index contributed by atoms with van der Waals surface area (Å²) in [5, 5.41) is 14.7. The maximum atomic E-state index is 10.1. The molecule has 1 aromatic carbocycles. The minimum absolute atomic E-state index is 0.548. The Morgan fingerprint density at radius 1 is 1.33 bits per heavy atom. The second-order valence-corrected chi connectivity index (χ2v) is 4.68. The van der Waals surface area contributed by atoms with Crippen molar-refractivity contribution in [2.75, 3.05) is 0 Å². The van der Waals surface area contributed by atoms with Gasteiger partial charge in [-0.1, -0.05) is 17.7 Å². The number of rotatable bonds is 2. The van der Waals surface area contributed by atoms with Gasteiger partial charge in [0.05, 0.1) is 0 Å². The van der Waals surface area contributed by atoms with Crippen LogP contribution in [-0.4, -0.2) is 5.11 Å². The number of thiophene rings is 1. The number of hydrogen-bond acceptors (Lipinski definition) is 2. The third kappa shape index (κ3) is 2.23. The molecule has 0 aliphatic rings. The van der Waals surface area contributed by atoms with Crippen LogP contribution < -0.4 is 0 Å². The van der Waals surface area contributed by atoms with Crippen LogP contribution in [0.15, 0.2) is 35.0 Å². The van der Waals surface area contributed by atoms with Crippen LogP contribution in [0.25, 0.3) is 0 Å². The van der Waals surface area contributed by atoms with Crippen LogP contribution in [0.5, 0.6) is 0 Å². The van der Waals surface area contributed by atoms with E-state index in [1.54, 1.807) is 17.4 Å². The van der Waals surface area contributed by atoms with Crippen LogP contribution in [0, 0.1) is 6.92 Å². The average molecular weight is 239 g/mol. The number of aliphatic hydroxyl groups excluding tert-OH is 1. The van der Waals surface area contributed by atoms with Crippen molar-refractivity contribution >= 4 is 22.9 Å². The highest BCUT2D eigenvalue weighted by Crippen LogP contribution is 2.27. The predicted molar refractivity (Wildman–Crippen MR) is 64.6 cm³/mol. The molecule has 1 heterocycles. The van der Waals surface area contributed by atoms with Gasteiger partial charge in [-0.3, -0.25) is 0 Å². The predicted octanol–water partition coefficient (Wildman–Crippen LogP) is 3.79. The Kier molecular flexibility index (Phi) is 3.10. The summed E-state index contributed by atoms with van der Waals surface area (Å²) in [5.41, 5.74) is 2.87. The zero-order valence-corrected chi connectivity index (χ0v) is 9.85. The molecule has 1 atom stereocenters. The van der Waals surface area contributed by atoms with Crippen LogP contribution in [-0.2, 0) is 0 Å². The molecule has 15 heavy (non-hydrogen) atoms. The minimum Gasteiger partial charge on any atom is -0.384 e. The zero-order chi connectivity index (χ0) is 10.8. The quantitative estimate of drug-likeness (QED) is 0.844. The minimum atomic E-state index is -0.548. The topological polar surface area (TPSA) is 20.2 Å². The normalized spacial score (nSPS) is 12.7. The van der Waals surface area contributed by atoms with Crippen LogP contribution in [0.1, 0.15) is 22.8 Å². The molecule has 0 unspecified atom stereocenters. The maximum Gasteiger partial charge on any atom is 0.105 e. The molecule has 0 amide bonds. The first-order valence-electron chi connectivity index (χ1n) is 4.64. The molecular formula is C12H11ClOS. The molecule has 78 valence electrons. The lowest BCUT2D eigenvalue weighted by Crippen LogP contribution is -2.00. The maximum absolute atomic E-state index is 10.1. The molecule has 0 saturated carbocycles.